The summed E-state index contributed by atoms with van der Waals surface area (Å²) in [5.74, 6) is 2.30. The van der Waals surface area contributed by atoms with Crippen molar-refractivity contribution < 1.29 is 4.79 Å². The van der Waals surface area contributed by atoms with Gasteiger partial charge in [-0.1, -0.05) is 24.0 Å². The Labute approximate surface area is 108 Å². The molecular formula is C9H11NOS4. The van der Waals surface area contributed by atoms with Crippen LogP contribution in [-0.2, 0) is 4.79 Å². The zero-order chi connectivity index (χ0) is 11.0. The van der Waals surface area contributed by atoms with Gasteiger partial charge in [0.15, 0.2) is 0 Å². The van der Waals surface area contributed by atoms with Crippen LogP contribution in [0.5, 0.6) is 0 Å². The Morgan fingerprint density at radius 1 is 1.33 bits per heavy atom. The summed E-state index contributed by atoms with van der Waals surface area (Å²) in [5.41, 5.74) is 0. The van der Waals surface area contributed by atoms with Crippen LogP contribution in [0.4, 0.5) is 0 Å². The number of thioether (sulfide) groups is 3. The predicted octanol–water partition coefficient (Wildman–Crippen LogP) is 2.90. The average molecular weight is 277 g/mol. The molecule has 0 unspecified atom stereocenters. The number of thiocarbonyl (C=S) groups is 1. The minimum atomic E-state index is 0.0944. The topological polar surface area (TPSA) is 20.3 Å². The lowest BCUT2D eigenvalue weighted by Gasteiger charge is -2.18. The molecule has 0 bridgehead atoms. The highest BCUT2D eigenvalue weighted by Gasteiger charge is 2.36. The fourth-order valence-corrected chi connectivity index (χ4v) is 5.68. The molecule has 1 amide bonds. The van der Waals surface area contributed by atoms with Crippen LogP contribution in [0.2, 0.25) is 0 Å². The maximum Gasteiger partial charge on any atom is 0.268 e. The monoisotopic (exact) mass is 277 g/mol. The van der Waals surface area contributed by atoms with Gasteiger partial charge in [-0.05, 0) is 13.8 Å². The van der Waals surface area contributed by atoms with E-state index in [0.29, 0.717) is 4.32 Å². The molecule has 15 heavy (non-hydrogen) atoms. The molecule has 0 aliphatic carbocycles. The average Bonchev–Trinajstić information content (AvgIpc) is 2.72. The molecule has 2 fully saturated rings. The van der Waals surface area contributed by atoms with Gasteiger partial charge >= 0.3 is 0 Å². The maximum atomic E-state index is 12.1. The number of amides is 1. The van der Waals surface area contributed by atoms with Crippen molar-refractivity contribution in [3.8, 4) is 0 Å². The molecule has 0 aromatic heterocycles. The molecule has 2 aliphatic heterocycles. The molecule has 82 valence electrons. The van der Waals surface area contributed by atoms with Crippen molar-refractivity contribution in [2.24, 2.45) is 0 Å². The first-order valence-corrected chi connectivity index (χ1v) is 7.86. The van der Waals surface area contributed by atoms with E-state index in [0.717, 1.165) is 20.6 Å². The zero-order valence-corrected chi connectivity index (χ0v) is 11.7. The summed E-state index contributed by atoms with van der Waals surface area (Å²) in [4.78, 5) is 14.6. The van der Waals surface area contributed by atoms with E-state index >= 15 is 0 Å². The normalized spacial score (nSPS) is 22.5. The minimum absolute atomic E-state index is 0.0944. The standard InChI is InChI=1S/C9H11NOS4/c1-5(2)10-7(11)6(15-9(10)12)8-13-3-4-14-8/h5H,3-4H2,1-2H3. The second kappa shape index (κ2) is 4.69. The number of carbonyl (C=O) groups excluding carboxylic acids is 1. The zero-order valence-electron chi connectivity index (χ0n) is 8.48. The Hall–Kier alpha value is 0.350. The van der Waals surface area contributed by atoms with Crippen molar-refractivity contribution >= 4 is 57.7 Å². The first-order valence-electron chi connectivity index (χ1n) is 4.66. The van der Waals surface area contributed by atoms with Crippen molar-refractivity contribution in [1.82, 2.24) is 4.90 Å². The predicted molar refractivity (Wildman–Crippen MR) is 74.1 cm³/mol. The summed E-state index contributed by atoms with van der Waals surface area (Å²) in [6.45, 7) is 3.99. The van der Waals surface area contributed by atoms with Gasteiger partial charge in [-0.3, -0.25) is 9.69 Å². The van der Waals surface area contributed by atoms with Gasteiger partial charge in [0.05, 0.1) is 9.14 Å². The van der Waals surface area contributed by atoms with Crippen molar-refractivity contribution in [2.75, 3.05) is 11.5 Å². The SMILES string of the molecule is CC(C)N1C(=O)C(=C2SCCS2)SC1=S. The van der Waals surface area contributed by atoms with Gasteiger partial charge in [0, 0.05) is 17.5 Å². The Balaban J connectivity index is 2.29. The first-order chi connectivity index (χ1) is 7.11. The smallest absolute Gasteiger partial charge is 0.268 e. The van der Waals surface area contributed by atoms with Crippen LogP contribution in [-0.4, -0.2) is 32.7 Å². The Morgan fingerprint density at radius 3 is 2.40 bits per heavy atom. The molecule has 0 radical (unpaired) electrons. The number of nitrogens with zero attached hydrogens (tertiary/aromatic N) is 1. The van der Waals surface area contributed by atoms with Crippen LogP contribution in [0, 0.1) is 0 Å². The summed E-state index contributed by atoms with van der Waals surface area (Å²) in [6.07, 6.45) is 0. The summed E-state index contributed by atoms with van der Waals surface area (Å²) < 4.78 is 1.86. The molecule has 2 saturated heterocycles. The molecule has 0 aromatic carbocycles. The lowest BCUT2D eigenvalue weighted by Crippen LogP contribution is -2.34. The quantitative estimate of drug-likeness (QED) is 0.541. The number of hydrogen-bond donors (Lipinski definition) is 0. The molecule has 2 nitrogen and oxygen atoms in total. The molecule has 2 heterocycles. The minimum Gasteiger partial charge on any atom is -0.290 e. The molecule has 0 N–H and O–H groups in total. The number of hydrogen-bond acceptors (Lipinski definition) is 5. The van der Waals surface area contributed by atoms with Crippen molar-refractivity contribution in [2.45, 2.75) is 19.9 Å². The molecule has 0 atom stereocenters. The Morgan fingerprint density at radius 2 is 1.93 bits per heavy atom. The first kappa shape index (κ1) is 11.8. The highest BCUT2D eigenvalue weighted by molar-refractivity contribution is 8.30. The van der Waals surface area contributed by atoms with E-state index in [9.17, 15) is 4.79 Å². The van der Waals surface area contributed by atoms with Gasteiger partial charge in [0.1, 0.15) is 4.32 Å². The largest absolute Gasteiger partial charge is 0.290 e. The lowest BCUT2D eigenvalue weighted by atomic mass is 10.3. The number of rotatable bonds is 1. The molecule has 0 spiro atoms. The summed E-state index contributed by atoms with van der Waals surface area (Å²) in [7, 11) is 0. The van der Waals surface area contributed by atoms with Crippen LogP contribution < -0.4 is 0 Å². The van der Waals surface area contributed by atoms with E-state index < -0.39 is 0 Å². The van der Waals surface area contributed by atoms with E-state index in [1.165, 1.54) is 11.8 Å². The van der Waals surface area contributed by atoms with E-state index in [2.05, 4.69) is 0 Å². The Bertz CT molecular complexity index is 342. The highest BCUT2D eigenvalue weighted by Crippen LogP contribution is 2.46. The third-order valence-corrected chi connectivity index (χ3v) is 6.42. The molecule has 2 aliphatic rings. The lowest BCUT2D eigenvalue weighted by molar-refractivity contribution is -0.123. The van der Waals surface area contributed by atoms with Gasteiger partial charge in [0.25, 0.3) is 5.91 Å². The summed E-state index contributed by atoms with van der Waals surface area (Å²) in [5, 5.41) is 0. The van der Waals surface area contributed by atoms with E-state index in [1.807, 2.05) is 13.8 Å². The molecule has 2 rings (SSSR count). The second-order valence-electron chi connectivity index (χ2n) is 3.45. The number of carbonyl (C=O) groups is 1. The summed E-state index contributed by atoms with van der Waals surface area (Å²) >= 11 is 10.2. The second-order valence-corrected chi connectivity index (χ2v) is 7.56. The van der Waals surface area contributed by atoms with Crippen molar-refractivity contribution in [3.05, 3.63) is 9.14 Å². The Kier molecular flexibility index (Phi) is 3.70. The van der Waals surface area contributed by atoms with Crippen LogP contribution >= 0.6 is 47.5 Å². The molecule has 0 aromatic rings. The van der Waals surface area contributed by atoms with Gasteiger partial charge in [-0.25, -0.2) is 0 Å². The summed E-state index contributed by atoms with van der Waals surface area (Å²) in [6, 6.07) is 0.159. The molecule has 0 saturated carbocycles. The van der Waals surface area contributed by atoms with Crippen molar-refractivity contribution in [1.29, 1.82) is 0 Å². The van der Waals surface area contributed by atoms with Gasteiger partial charge in [-0.2, -0.15) is 0 Å². The highest BCUT2D eigenvalue weighted by atomic mass is 32.2. The van der Waals surface area contributed by atoms with E-state index in [4.69, 9.17) is 12.2 Å². The third kappa shape index (κ3) is 2.23. The third-order valence-electron chi connectivity index (χ3n) is 2.05. The van der Waals surface area contributed by atoms with Crippen molar-refractivity contribution in [3.63, 3.8) is 0 Å². The van der Waals surface area contributed by atoms with E-state index in [1.54, 1.807) is 28.4 Å². The molecular weight excluding hydrogens is 266 g/mol. The fraction of sp³-hybridized carbons (Fsp3) is 0.556. The van der Waals surface area contributed by atoms with Crippen LogP contribution in [0.15, 0.2) is 9.14 Å². The van der Waals surface area contributed by atoms with Crippen LogP contribution in [0.1, 0.15) is 13.8 Å². The van der Waals surface area contributed by atoms with Crippen LogP contribution in [0.25, 0.3) is 0 Å². The molecule has 6 heteroatoms. The van der Waals surface area contributed by atoms with Gasteiger partial charge in [0.2, 0.25) is 0 Å². The van der Waals surface area contributed by atoms with Gasteiger partial charge in [-0.15, -0.1) is 23.5 Å². The van der Waals surface area contributed by atoms with Gasteiger partial charge < -0.3 is 0 Å². The van der Waals surface area contributed by atoms with E-state index in [-0.39, 0.29) is 11.9 Å². The fourth-order valence-electron chi connectivity index (χ4n) is 1.39. The van der Waals surface area contributed by atoms with Crippen LogP contribution in [0.3, 0.4) is 0 Å². The maximum absolute atomic E-state index is 12.1.